The van der Waals surface area contributed by atoms with Crippen LogP contribution in [0.1, 0.15) is 13.8 Å². The van der Waals surface area contributed by atoms with Gasteiger partial charge in [-0.2, -0.15) is 0 Å². The minimum absolute atomic E-state index is 0.0846. The zero-order chi connectivity index (χ0) is 11.9. The lowest BCUT2D eigenvalue weighted by Gasteiger charge is -2.08. The monoisotopic (exact) mass is 238 g/mol. The summed E-state index contributed by atoms with van der Waals surface area (Å²) >= 11 is 0. The van der Waals surface area contributed by atoms with E-state index in [0.29, 0.717) is 13.1 Å². The standard InChI is InChI=1S/C8H18N2O4S/c1-7(2)15(12,13)6-4-10-3-5-14-8(9)11/h7,10H,3-6H2,1-2H3,(H2,9,11). The number of rotatable bonds is 7. The van der Waals surface area contributed by atoms with Crippen LogP contribution in [0.3, 0.4) is 0 Å². The van der Waals surface area contributed by atoms with Crippen molar-refractivity contribution >= 4 is 15.9 Å². The Morgan fingerprint density at radius 3 is 2.47 bits per heavy atom. The number of ether oxygens (including phenoxy) is 1. The van der Waals surface area contributed by atoms with Crippen molar-refractivity contribution in [1.82, 2.24) is 5.32 Å². The van der Waals surface area contributed by atoms with Gasteiger partial charge in [-0.15, -0.1) is 0 Å². The van der Waals surface area contributed by atoms with Crippen molar-refractivity contribution in [3.05, 3.63) is 0 Å². The topological polar surface area (TPSA) is 98.5 Å². The molecule has 3 N–H and O–H groups in total. The summed E-state index contributed by atoms with van der Waals surface area (Å²) in [6.07, 6.45) is -0.827. The minimum Gasteiger partial charge on any atom is -0.448 e. The van der Waals surface area contributed by atoms with Gasteiger partial charge in [0.25, 0.3) is 0 Å². The van der Waals surface area contributed by atoms with E-state index in [1.165, 1.54) is 0 Å². The van der Waals surface area contributed by atoms with Gasteiger partial charge >= 0.3 is 6.09 Å². The highest BCUT2D eigenvalue weighted by Crippen LogP contribution is 1.98. The van der Waals surface area contributed by atoms with E-state index in [1.807, 2.05) is 0 Å². The van der Waals surface area contributed by atoms with Gasteiger partial charge in [0.2, 0.25) is 0 Å². The molecule has 0 saturated carbocycles. The van der Waals surface area contributed by atoms with E-state index in [1.54, 1.807) is 13.8 Å². The van der Waals surface area contributed by atoms with Crippen LogP contribution in [0.25, 0.3) is 0 Å². The Hall–Kier alpha value is -0.820. The van der Waals surface area contributed by atoms with Crippen molar-refractivity contribution < 1.29 is 17.9 Å². The summed E-state index contributed by atoms with van der Waals surface area (Å²) in [7, 11) is -3.00. The fourth-order valence-corrected chi connectivity index (χ4v) is 1.70. The van der Waals surface area contributed by atoms with Gasteiger partial charge in [-0.05, 0) is 13.8 Å². The molecule has 0 aromatic heterocycles. The lowest BCUT2D eigenvalue weighted by atomic mass is 10.6. The van der Waals surface area contributed by atoms with E-state index in [-0.39, 0.29) is 17.6 Å². The predicted molar refractivity (Wildman–Crippen MR) is 57.3 cm³/mol. The van der Waals surface area contributed by atoms with Gasteiger partial charge in [0.1, 0.15) is 6.61 Å². The van der Waals surface area contributed by atoms with Gasteiger partial charge in [-0.1, -0.05) is 0 Å². The van der Waals surface area contributed by atoms with Gasteiger partial charge in [0, 0.05) is 13.1 Å². The van der Waals surface area contributed by atoms with Crippen LogP contribution in [-0.4, -0.2) is 45.2 Å². The molecule has 6 nitrogen and oxygen atoms in total. The third-order valence-electron chi connectivity index (χ3n) is 1.80. The molecule has 90 valence electrons. The Kier molecular flexibility index (Phi) is 6.26. The van der Waals surface area contributed by atoms with Crippen LogP contribution >= 0.6 is 0 Å². The molecule has 0 unspecified atom stereocenters. The Morgan fingerprint density at radius 2 is 2.00 bits per heavy atom. The molecule has 0 aromatic carbocycles. The van der Waals surface area contributed by atoms with Crippen LogP contribution in [0.2, 0.25) is 0 Å². The highest BCUT2D eigenvalue weighted by atomic mass is 32.2. The van der Waals surface area contributed by atoms with Crippen molar-refractivity contribution in [2.75, 3.05) is 25.4 Å². The summed E-state index contributed by atoms with van der Waals surface area (Å²) < 4.78 is 27.1. The normalized spacial score (nSPS) is 11.7. The molecule has 0 spiro atoms. The Morgan fingerprint density at radius 1 is 1.40 bits per heavy atom. The molecular formula is C8H18N2O4S. The van der Waals surface area contributed by atoms with Gasteiger partial charge in [-0.3, -0.25) is 0 Å². The first-order valence-corrected chi connectivity index (χ1v) is 6.42. The first kappa shape index (κ1) is 14.2. The average Bonchev–Trinajstić information content (AvgIpc) is 2.10. The van der Waals surface area contributed by atoms with E-state index in [4.69, 9.17) is 5.73 Å². The third kappa shape index (κ3) is 7.15. The van der Waals surface area contributed by atoms with Crippen LogP contribution in [0.5, 0.6) is 0 Å². The fourth-order valence-electron chi connectivity index (χ4n) is 0.799. The molecule has 0 fully saturated rings. The maximum atomic E-state index is 11.3. The molecule has 0 rings (SSSR count). The number of primary amides is 1. The van der Waals surface area contributed by atoms with Gasteiger partial charge in [-0.25, -0.2) is 13.2 Å². The van der Waals surface area contributed by atoms with Crippen molar-refractivity contribution in [1.29, 1.82) is 0 Å². The smallest absolute Gasteiger partial charge is 0.404 e. The molecule has 0 aliphatic rings. The second kappa shape index (κ2) is 6.62. The summed E-state index contributed by atoms with van der Waals surface area (Å²) in [5.74, 6) is 0.0846. The number of hydrogen-bond acceptors (Lipinski definition) is 5. The van der Waals surface area contributed by atoms with E-state index in [0.717, 1.165) is 0 Å². The summed E-state index contributed by atoms with van der Waals surface area (Å²) in [6, 6.07) is 0. The second-order valence-corrected chi connectivity index (χ2v) is 6.01. The molecule has 0 aliphatic carbocycles. The minimum atomic E-state index is -3.00. The number of nitrogens with two attached hydrogens (primary N) is 1. The van der Waals surface area contributed by atoms with E-state index >= 15 is 0 Å². The predicted octanol–water partition coefficient (Wildman–Crippen LogP) is -0.505. The average molecular weight is 238 g/mol. The number of carbonyl (C=O) groups is 1. The van der Waals surface area contributed by atoms with Crippen LogP contribution in [0.15, 0.2) is 0 Å². The third-order valence-corrected chi connectivity index (χ3v) is 4.01. The first-order valence-electron chi connectivity index (χ1n) is 4.71. The van der Waals surface area contributed by atoms with Crippen LogP contribution in [-0.2, 0) is 14.6 Å². The molecule has 0 aliphatic heterocycles. The van der Waals surface area contributed by atoms with Gasteiger partial charge in [0.15, 0.2) is 9.84 Å². The maximum Gasteiger partial charge on any atom is 0.404 e. The molecular weight excluding hydrogens is 220 g/mol. The van der Waals surface area contributed by atoms with Crippen molar-refractivity contribution in [3.8, 4) is 0 Å². The highest BCUT2D eigenvalue weighted by molar-refractivity contribution is 7.92. The van der Waals surface area contributed by atoms with Crippen molar-refractivity contribution in [2.45, 2.75) is 19.1 Å². The van der Waals surface area contributed by atoms with Crippen LogP contribution < -0.4 is 11.1 Å². The number of carbonyl (C=O) groups excluding carboxylic acids is 1. The first-order chi connectivity index (χ1) is 6.86. The number of hydrogen-bond donors (Lipinski definition) is 2. The van der Waals surface area contributed by atoms with E-state index < -0.39 is 15.9 Å². The summed E-state index contributed by atoms with van der Waals surface area (Å²) in [5.41, 5.74) is 4.73. The Balaban J connectivity index is 3.51. The van der Waals surface area contributed by atoms with Crippen molar-refractivity contribution in [2.24, 2.45) is 5.73 Å². The molecule has 0 radical (unpaired) electrons. The van der Waals surface area contributed by atoms with E-state index in [2.05, 4.69) is 10.1 Å². The zero-order valence-corrected chi connectivity index (χ0v) is 9.84. The van der Waals surface area contributed by atoms with Crippen LogP contribution in [0, 0.1) is 0 Å². The zero-order valence-electron chi connectivity index (χ0n) is 9.02. The van der Waals surface area contributed by atoms with Crippen LogP contribution in [0.4, 0.5) is 4.79 Å². The molecule has 0 atom stereocenters. The molecule has 7 heteroatoms. The van der Waals surface area contributed by atoms with E-state index in [9.17, 15) is 13.2 Å². The SMILES string of the molecule is CC(C)S(=O)(=O)CCNCCOC(N)=O. The number of sulfone groups is 1. The summed E-state index contributed by atoms with van der Waals surface area (Å²) in [4.78, 5) is 10.2. The molecule has 0 saturated heterocycles. The number of amides is 1. The molecule has 0 bridgehead atoms. The maximum absolute atomic E-state index is 11.3. The summed E-state index contributed by atoms with van der Waals surface area (Å²) in [5, 5.41) is 2.48. The molecule has 0 heterocycles. The number of nitrogens with one attached hydrogen (secondary N) is 1. The molecule has 15 heavy (non-hydrogen) atoms. The highest BCUT2D eigenvalue weighted by Gasteiger charge is 2.14. The molecule has 0 aromatic rings. The Bertz CT molecular complexity index is 287. The fraction of sp³-hybridized carbons (Fsp3) is 0.875. The van der Waals surface area contributed by atoms with Gasteiger partial charge in [0.05, 0.1) is 11.0 Å². The lowest BCUT2D eigenvalue weighted by Crippen LogP contribution is -2.30. The molecule has 1 amide bonds. The van der Waals surface area contributed by atoms with Gasteiger partial charge < -0.3 is 15.8 Å². The second-order valence-electron chi connectivity index (χ2n) is 3.33. The lowest BCUT2D eigenvalue weighted by molar-refractivity contribution is 0.157. The quantitative estimate of drug-likeness (QED) is 0.582. The summed E-state index contributed by atoms with van der Waals surface area (Å²) in [6.45, 7) is 4.19. The largest absolute Gasteiger partial charge is 0.448 e. The Labute approximate surface area is 90.1 Å². The van der Waals surface area contributed by atoms with Crippen molar-refractivity contribution in [3.63, 3.8) is 0 Å².